The summed E-state index contributed by atoms with van der Waals surface area (Å²) in [5, 5.41) is 5.48. The number of hydrogen-bond acceptors (Lipinski definition) is 4. The standard InChI is InChI=1S/C31H27Cl2N5O/c1-19-28(29(38-27(35-19)12-13-34-38)20-10-11-25(32)26(33)18-20)31(39)37-16-14-36(15-17-37)30-23-8-4-2-6-21(23)22-7-3-5-9-24(22)30/h2-13,18,28-30H,14-17H2,1H3. The van der Waals surface area contributed by atoms with Crippen LogP contribution in [0.4, 0.5) is 5.82 Å². The van der Waals surface area contributed by atoms with Crippen molar-refractivity contribution >= 4 is 40.6 Å². The second-order valence-electron chi connectivity index (χ2n) is 10.4. The number of carbonyl (C=O) groups is 1. The van der Waals surface area contributed by atoms with Crippen molar-refractivity contribution in [3.05, 3.63) is 106 Å². The average Bonchev–Trinajstić information content (AvgIpc) is 3.56. The van der Waals surface area contributed by atoms with E-state index in [4.69, 9.17) is 28.2 Å². The number of benzene rings is 3. The zero-order valence-electron chi connectivity index (χ0n) is 21.5. The summed E-state index contributed by atoms with van der Waals surface area (Å²) in [6, 6.07) is 24.6. The van der Waals surface area contributed by atoms with Crippen LogP contribution in [0.3, 0.4) is 0 Å². The summed E-state index contributed by atoms with van der Waals surface area (Å²) in [4.78, 5) is 23.4. The fraction of sp³-hybridized carbons (Fsp3) is 0.258. The molecular formula is C31H27Cl2N5O. The fourth-order valence-electron chi connectivity index (χ4n) is 6.49. The maximum atomic E-state index is 14.2. The Morgan fingerprint density at radius 1 is 0.846 bits per heavy atom. The van der Waals surface area contributed by atoms with Crippen LogP contribution in [0.25, 0.3) is 11.1 Å². The second-order valence-corrected chi connectivity index (χ2v) is 11.2. The second kappa shape index (κ2) is 9.63. The molecule has 2 unspecified atom stereocenters. The summed E-state index contributed by atoms with van der Waals surface area (Å²) in [5.41, 5.74) is 6.99. The van der Waals surface area contributed by atoms with Gasteiger partial charge in [0.1, 0.15) is 5.92 Å². The van der Waals surface area contributed by atoms with E-state index in [0.717, 1.165) is 30.2 Å². The van der Waals surface area contributed by atoms with Gasteiger partial charge in [0.2, 0.25) is 5.91 Å². The molecule has 1 amide bonds. The van der Waals surface area contributed by atoms with E-state index >= 15 is 0 Å². The monoisotopic (exact) mass is 555 g/mol. The van der Waals surface area contributed by atoms with Crippen LogP contribution in [-0.4, -0.2) is 57.4 Å². The van der Waals surface area contributed by atoms with Crippen molar-refractivity contribution in [3.8, 4) is 11.1 Å². The maximum Gasteiger partial charge on any atom is 0.233 e. The van der Waals surface area contributed by atoms with Gasteiger partial charge in [-0.3, -0.25) is 9.69 Å². The van der Waals surface area contributed by atoms with Crippen molar-refractivity contribution < 1.29 is 4.79 Å². The molecule has 1 aromatic heterocycles. The molecule has 1 fully saturated rings. The molecule has 0 N–H and O–H groups in total. The predicted molar refractivity (Wildman–Crippen MR) is 155 cm³/mol. The molecule has 39 heavy (non-hydrogen) atoms. The van der Waals surface area contributed by atoms with E-state index in [9.17, 15) is 4.79 Å². The minimum Gasteiger partial charge on any atom is -0.339 e. The molecular weight excluding hydrogens is 529 g/mol. The van der Waals surface area contributed by atoms with Crippen LogP contribution in [0.1, 0.15) is 35.7 Å². The molecule has 0 bridgehead atoms. The average molecular weight is 556 g/mol. The zero-order valence-corrected chi connectivity index (χ0v) is 23.0. The number of hydrogen-bond donors (Lipinski definition) is 0. The Morgan fingerprint density at radius 2 is 1.51 bits per heavy atom. The van der Waals surface area contributed by atoms with Crippen molar-refractivity contribution in [2.45, 2.75) is 19.0 Å². The SMILES string of the molecule is CC1=Nc2ccnn2C(c2ccc(Cl)c(Cl)c2)C1C(=O)N1CCN(C2c3ccccc3-c3ccccc32)CC1. The molecule has 196 valence electrons. The molecule has 0 spiro atoms. The molecule has 8 heteroatoms. The van der Waals surface area contributed by atoms with Gasteiger partial charge in [0.05, 0.1) is 28.3 Å². The van der Waals surface area contributed by atoms with E-state index in [0.29, 0.717) is 23.1 Å². The lowest BCUT2D eigenvalue weighted by Gasteiger charge is -2.41. The van der Waals surface area contributed by atoms with Gasteiger partial charge in [-0.1, -0.05) is 77.8 Å². The molecule has 2 aliphatic heterocycles. The highest BCUT2D eigenvalue weighted by Crippen LogP contribution is 2.46. The van der Waals surface area contributed by atoms with Crippen molar-refractivity contribution in [2.24, 2.45) is 10.9 Å². The first-order valence-corrected chi connectivity index (χ1v) is 14.0. The quantitative estimate of drug-likeness (QED) is 0.293. The largest absolute Gasteiger partial charge is 0.339 e. The van der Waals surface area contributed by atoms with Crippen LogP contribution in [0, 0.1) is 5.92 Å². The zero-order chi connectivity index (χ0) is 26.7. The molecule has 3 aliphatic rings. The Morgan fingerprint density at radius 3 is 2.18 bits per heavy atom. The smallest absolute Gasteiger partial charge is 0.233 e. The van der Waals surface area contributed by atoms with Crippen LogP contribution >= 0.6 is 23.2 Å². The minimum atomic E-state index is -0.478. The van der Waals surface area contributed by atoms with Crippen molar-refractivity contribution in [3.63, 3.8) is 0 Å². The highest BCUT2D eigenvalue weighted by Gasteiger charge is 2.42. The number of halogens is 2. The number of carbonyl (C=O) groups excluding carboxylic acids is 1. The fourth-order valence-corrected chi connectivity index (χ4v) is 6.80. The van der Waals surface area contributed by atoms with E-state index in [2.05, 4.69) is 58.5 Å². The van der Waals surface area contributed by atoms with Crippen LogP contribution in [-0.2, 0) is 4.79 Å². The van der Waals surface area contributed by atoms with E-state index in [1.54, 1.807) is 12.3 Å². The van der Waals surface area contributed by atoms with Crippen molar-refractivity contribution in [1.29, 1.82) is 0 Å². The number of piperazine rings is 1. The van der Waals surface area contributed by atoms with Gasteiger partial charge in [-0.2, -0.15) is 5.10 Å². The van der Waals surface area contributed by atoms with Crippen LogP contribution in [0.2, 0.25) is 10.0 Å². The van der Waals surface area contributed by atoms with Crippen molar-refractivity contribution in [1.82, 2.24) is 19.6 Å². The third kappa shape index (κ3) is 4.01. The van der Waals surface area contributed by atoms with E-state index in [1.165, 1.54) is 22.3 Å². The summed E-state index contributed by atoms with van der Waals surface area (Å²) < 4.78 is 1.83. The Bertz CT molecular complexity index is 1580. The molecule has 7 rings (SSSR count). The molecule has 4 aromatic rings. The molecule has 0 saturated carbocycles. The predicted octanol–water partition coefficient (Wildman–Crippen LogP) is 6.42. The van der Waals surface area contributed by atoms with Crippen LogP contribution in [0.5, 0.6) is 0 Å². The Balaban J connectivity index is 1.16. The number of aromatic nitrogens is 2. The van der Waals surface area contributed by atoms with Crippen LogP contribution in [0.15, 0.2) is 84.0 Å². The summed E-state index contributed by atoms with van der Waals surface area (Å²) in [6.45, 7) is 4.85. The van der Waals surface area contributed by atoms with E-state index in [-0.39, 0.29) is 18.0 Å². The molecule has 1 aliphatic carbocycles. The molecule has 6 nitrogen and oxygen atoms in total. The third-order valence-electron chi connectivity index (χ3n) is 8.31. The summed E-state index contributed by atoms with van der Waals surface area (Å²) in [7, 11) is 0. The van der Waals surface area contributed by atoms with Gasteiger partial charge in [-0.05, 0) is 46.9 Å². The molecule has 3 heterocycles. The lowest BCUT2D eigenvalue weighted by Crippen LogP contribution is -2.53. The number of aliphatic imine (C=N–C) groups is 1. The van der Waals surface area contributed by atoms with E-state index in [1.807, 2.05) is 34.7 Å². The first kappa shape index (κ1) is 24.6. The van der Waals surface area contributed by atoms with Gasteiger partial charge in [-0.15, -0.1) is 0 Å². The third-order valence-corrected chi connectivity index (χ3v) is 9.05. The highest BCUT2D eigenvalue weighted by atomic mass is 35.5. The number of rotatable bonds is 3. The van der Waals surface area contributed by atoms with Gasteiger partial charge in [-0.25, -0.2) is 9.67 Å². The van der Waals surface area contributed by atoms with Gasteiger partial charge >= 0.3 is 0 Å². The normalized spacial score (nSPS) is 20.8. The van der Waals surface area contributed by atoms with Gasteiger partial charge in [0.25, 0.3) is 0 Å². The number of nitrogens with zero attached hydrogens (tertiary/aromatic N) is 5. The highest BCUT2D eigenvalue weighted by molar-refractivity contribution is 6.42. The summed E-state index contributed by atoms with van der Waals surface area (Å²) in [5.74, 6) is 0.325. The van der Waals surface area contributed by atoms with Gasteiger partial charge in [0, 0.05) is 38.0 Å². The summed E-state index contributed by atoms with van der Waals surface area (Å²) in [6.07, 6.45) is 1.72. The molecule has 3 aromatic carbocycles. The van der Waals surface area contributed by atoms with E-state index < -0.39 is 5.92 Å². The minimum absolute atomic E-state index is 0.0698. The topological polar surface area (TPSA) is 53.7 Å². The molecule has 2 atom stereocenters. The maximum absolute atomic E-state index is 14.2. The Kier molecular flexibility index (Phi) is 6.07. The summed E-state index contributed by atoms with van der Waals surface area (Å²) >= 11 is 12.6. The first-order valence-electron chi connectivity index (χ1n) is 13.3. The Labute approximate surface area is 237 Å². The van der Waals surface area contributed by atoms with Crippen molar-refractivity contribution in [2.75, 3.05) is 26.2 Å². The first-order chi connectivity index (χ1) is 19.0. The number of fused-ring (bicyclic) bond motifs is 4. The van der Waals surface area contributed by atoms with Gasteiger partial charge < -0.3 is 4.90 Å². The Hall–Kier alpha value is -3.45. The molecule has 1 saturated heterocycles. The van der Waals surface area contributed by atoms with Gasteiger partial charge in [0.15, 0.2) is 5.82 Å². The lowest BCUT2D eigenvalue weighted by molar-refractivity contribution is -0.136. The number of amides is 1. The molecule has 0 radical (unpaired) electrons. The van der Waals surface area contributed by atoms with Crippen LogP contribution < -0.4 is 0 Å². The lowest BCUT2D eigenvalue weighted by atomic mass is 9.87.